The van der Waals surface area contributed by atoms with E-state index in [0.717, 1.165) is 47.5 Å². The first-order valence-corrected chi connectivity index (χ1v) is 11.3. The van der Waals surface area contributed by atoms with Gasteiger partial charge in [-0.1, -0.05) is 42.5 Å². The Morgan fingerprint density at radius 1 is 0.939 bits per heavy atom. The van der Waals surface area contributed by atoms with Gasteiger partial charge in [0, 0.05) is 31.3 Å². The third kappa shape index (κ3) is 4.12. The van der Waals surface area contributed by atoms with E-state index in [1.165, 1.54) is 0 Å². The predicted octanol–water partition coefficient (Wildman–Crippen LogP) is 4.61. The molecule has 5 rings (SSSR count). The van der Waals surface area contributed by atoms with Gasteiger partial charge in [0.05, 0.1) is 11.0 Å². The van der Waals surface area contributed by atoms with Gasteiger partial charge in [0.15, 0.2) is 0 Å². The summed E-state index contributed by atoms with van der Waals surface area (Å²) < 4.78 is 2.03. The maximum Gasteiger partial charge on any atom is 0.252 e. The second-order valence-electron chi connectivity index (χ2n) is 8.38. The molecule has 1 aromatic heterocycles. The molecule has 1 unspecified atom stereocenters. The number of carbonyl (C=O) groups excluding carboxylic acids is 2. The van der Waals surface area contributed by atoms with Gasteiger partial charge >= 0.3 is 0 Å². The Kier molecular flexibility index (Phi) is 5.65. The van der Waals surface area contributed by atoms with Gasteiger partial charge in [-0.25, -0.2) is 4.98 Å². The van der Waals surface area contributed by atoms with Gasteiger partial charge in [-0.3, -0.25) is 9.59 Å². The number of fused-ring (bicyclic) bond motifs is 1. The molecule has 0 radical (unpaired) electrons. The number of imidazole rings is 1. The molecule has 1 aliphatic heterocycles. The molecule has 0 spiro atoms. The van der Waals surface area contributed by atoms with Gasteiger partial charge in [-0.2, -0.15) is 0 Å². The Morgan fingerprint density at radius 2 is 1.67 bits per heavy atom. The first-order chi connectivity index (χ1) is 16.1. The van der Waals surface area contributed by atoms with Gasteiger partial charge < -0.3 is 14.8 Å². The van der Waals surface area contributed by atoms with E-state index in [2.05, 4.69) is 5.32 Å². The highest BCUT2D eigenvalue weighted by molar-refractivity contribution is 5.97. The van der Waals surface area contributed by atoms with Gasteiger partial charge in [-0.05, 0) is 54.8 Å². The molecule has 2 amide bonds. The molecule has 1 saturated heterocycles. The van der Waals surface area contributed by atoms with Crippen LogP contribution in [0.1, 0.15) is 47.1 Å². The Hall–Kier alpha value is -3.93. The first kappa shape index (κ1) is 20.9. The largest absolute Gasteiger partial charge is 0.338 e. The maximum absolute atomic E-state index is 13.3. The molecule has 0 saturated carbocycles. The number of hydrogen-bond donors (Lipinski definition) is 1. The quantitative estimate of drug-likeness (QED) is 0.495. The third-order valence-corrected chi connectivity index (χ3v) is 6.25. The lowest BCUT2D eigenvalue weighted by Crippen LogP contribution is -2.35. The van der Waals surface area contributed by atoms with E-state index in [4.69, 9.17) is 4.98 Å². The molecule has 1 fully saturated rings. The number of rotatable bonds is 5. The summed E-state index contributed by atoms with van der Waals surface area (Å²) in [6.07, 6.45) is 2.53. The summed E-state index contributed by atoms with van der Waals surface area (Å²) in [6.45, 7) is 0.729. The Balaban J connectivity index is 1.44. The molecular formula is C27H26N4O2. The van der Waals surface area contributed by atoms with Crippen LogP contribution in [0.25, 0.3) is 11.0 Å². The van der Waals surface area contributed by atoms with Crippen molar-refractivity contribution in [3.05, 3.63) is 95.8 Å². The highest BCUT2D eigenvalue weighted by Gasteiger charge is 2.24. The molecule has 0 bridgehead atoms. The van der Waals surface area contributed by atoms with E-state index in [-0.39, 0.29) is 11.8 Å². The van der Waals surface area contributed by atoms with Crippen molar-refractivity contribution in [2.45, 2.75) is 25.3 Å². The smallest absolute Gasteiger partial charge is 0.252 e. The van der Waals surface area contributed by atoms with E-state index < -0.39 is 6.04 Å². The molecule has 1 N–H and O–H groups in total. The average molecular weight is 439 g/mol. The lowest BCUT2D eigenvalue weighted by Gasteiger charge is -2.27. The summed E-state index contributed by atoms with van der Waals surface area (Å²) in [5, 5.41) is 3.17. The number of aryl methyl sites for hydroxylation is 1. The molecular weight excluding hydrogens is 412 g/mol. The number of hydrogen-bond acceptors (Lipinski definition) is 3. The van der Waals surface area contributed by atoms with Crippen LogP contribution in [0.3, 0.4) is 0 Å². The lowest BCUT2D eigenvalue weighted by atomic mass is 10.0. The minimum absolute atomic E-state index is 0.143. The number of amides is 2. The molecule has 6 heteroatoms. The number of para-hydroxylation sites is 2. The first-order valence-electron chi connectivity index (χ1n) is 11.3. The fraction of sp³-hybridized carbons (Fsp3) is 0.222. The van der Waals surface area contributed by atoms with Crippen LogP contribution in [0.5, 0.6) is 0 Å². The number of piperidine rings is 1. The summed E-state index contributed by atoms with van der Waals surface area (Å²) in [4.78, 5) is 32.1. The molecule has 4 aromatic rings. The predicted molar refractivity (Wildman–Crippen MR) is 129 cm³/mol. The number of anilines is 1. The average Bonchev–Trinajstić information content (AvgIpc) is 3.19. The minimum Gasteiger partial charge on any atom is -0.338 e. The summed E-state index contributed by atoms with van der Waals surface area (Å²) in [5.41, 5.74) is 4.24. The highest BCUT2D eigenvalue weighted by Crippen LogP contribution is 2.26. The van der Waals surface area contributed by atoms with Crippen molar-refractivity contribution in [1.29, 1.82) is 0 Å². The fourth-order valence-electron chi connectivity index (χ4n) is 4.45. The summed E-state index contributed by atoms with van der Waals surface area (Å²) >= 11 is 0. The van der Waals surface area contributed by atoms with Crippen LogP contribution in [0.4, 0.5) is 5.69 Å². The molecule has 0 aliphatic carbocycles. The van der Waals surface area contributed by atoms with E-state index in [1.807, 2.05) is 78.3 Å². The van der Waals surface area contributed by atoms with Crippen LogP contribution in [-0.4, -0.2) is 27.9 Å². The fourth-order valence-corrected chi connectivity index (χ4v) is 4.45. The van der Waals surface area contributed by atoms with Crippen molar-refractivity contribution in [1.82, 2.24) is 14.9 Å². The lowest BCUT2D eigenvalue weighted by molar-refractivity contribution is -0.119. The van der Waals surface area contributed by atoms with Gasteiger partial charge in [0.1, 0.15) is 11.9 Å². The Bertz CT molecular complexity index is 1290. The number of nitrogens with one attached hydrogen (secondary N) is 1. The van der Waals surface area contributed by atoms with Gasteiger partial charge in [0.25, 0.3) is 5.91 Å². The number of carbonyl (C=O) groups is 2. The number of aromatic nitrogens is 2. The zero-order valence-electron chi connectivity index (χ0n) is 18.6. The van der Waals surface area contributed by atoms with Crippen molar-refractivity contribution in [2.75, 3.05) is 11.4 Å². The SMILES string of the molecule is Cn1c(C(NC(=O)c2ccc(N3CCCCC3=O)cc2)c2ccccc2)nc2ccccc21. The second kappa shape index (κ2) is 8.90. The van der Waals surface area contributed by atoms with Gasteiger partial charge in [-0.15, -0.1) is 0 Å². The molecule has 2 heterocycles. The van der Waals surface area contributed by atoms with Crippen molar-refractivity contribution in [3.8, 4) is 0 Å². The standard InChI is InChI=1S/C27H26N4O2/c1-30-23-12-6-5-11-22(23)28-26(30)25(19-9-3-2-4-10-19)29-27(33)20-14-16-21(17-15-20)31-18-8-7-13-24(31)32/h2-6,9-12,14-17,25H,7-8,13,18H2,1H3,(H,29,33). The van der Waals surface area contributed by atoms with E-state index in [0.29, 0.717) is 12.0 Å². The van der Waals surface area contributed by atoms with Crippen molar-refractivity contribution in [3.63, 3.8) is 0 Å². The van der Waals surface area contributed by atoms with Crippen molar-refractivity contribution >= 4 is 28.5 Å². The molecule has 1 aliphatic rings. The molecule has 1 atom stereocenters. The van der Waals surface area contributed by atoms with Crippen LogP contribution in [0, 0.1) is 0 Å². The van der Waals surface area contributed by atoms with Crippen LogP contribution in [-0.2, 0) is 11.8 Å². The van der Waals surface area contributed by atoms with Crippen LogP contribution in [0.15, 0.2) is 78.9 Å². The van der Waals surface area contributed by atoms with Crippen molar-refractivity contribution in [2.24, 2.45) is 7.05 Å². The third-order valence-electron chi connectivity index (χ3n) is 6.25. The maximum atomic E-state index is 13.3. The van der Waals surface area contributed by atoms with E-state index in [9.17, 15) is 9.59 Å². The summed E-state index contributed by atoms with van der Waals surface area (Å²) in [6, 6.07) is 24.7. The van der Waals surface area contributed by atoms with E-state index >= 15 is 0 Å². The molecule has 166 valence electrons. The van der Waals surface area contributed by atoms with Crippen LogP contribution in [0.2, 0.25) is 0 Å². The van der Waals surface area contributed by atoms with Crippen LogP contribution < -0.4 is 10.2 Å². The number of nitrogens with zero attached hydrogens (tertiary/aromatic N) is 3. The van der Waals surface area contributed by atoms with Crippen LogP contribution >= 0.6 is 0 Å². The Labute approximate surface area is 192 Å². The normalized spacial score (nSPS) is 14.9. The zero-order valence-corrected chi connectivity index (χ0v) is 18.6. The highest BCUT2D eigenvalue weighted by atomic mass is 16.2. The van der Waals surface area contributed by atoms with Gasteiger partial charge in [0.2, 0.25) is 5.91 Å². The molecule has 33 heavy (non-hydrogen) atoms. The zero-order chi connectivity index (χ0) is 22.8. The topological polar surface area (TPSA) is 67.2 Å². The summed E-state index contributed by atoms with van der Waals surface area (Å²) in [7, 11) is 1.97. The van der Waals surface area contributed by atoms with Crippen molar-refractivity contribution < 1.29 is 9.59 Å². The minimum atomic E-state index is -0.403. The summed E-state index contributed by atoms with van der Waals surface area (Å²) in [5.74, 6) is 0.725. The monoisotopic (exact) mass is 438 g/mol. The molecule has 3 aromatic carbocycles. The second-order valence-corrected chi connectivity index (χ2v) is 8.38. The molecule has 6 nitrogen and oxygen atoms in total. The Morgan fingerprint density at radius 3 is 2.39 bits per heavy atom. The number of benzene rings is 3. The van der Waals surface area contributed by atoms with E-state index in [1.54, 1.807) is 17.0 Å².